The third kappa shape index (κ3) is 1.70. The van der Waals surface area contributed by atoms with Crippen LogP contribution in [0, 0.1) is 0 Å². The Balaban J connectivity index is 2.67. The van der Waals surface area contributed by atoms with E-state index in [0.717, 1.165) is 0 Å². The van der Waals surface area contributed by atoms with Crippen molar-refractivity contribution in [2.75, 3.05) is 0 Å². The lowest BCUT2D eigenvalue weighted by Gasteiger charge is -2.40. The Morgan fingerprint density at radius 1 is 1.45 bits per heavy atom. The van der Waals surface area contributed by atoms with Gasteiger partial charge < -0.3 is 20.1 Å². The number of hydrogen-bond donors (Lipinski definition) is 3. The average Bonchev–Trinajstić information content (AvgIpc) is 1.81. The van der Waals surface area contributed by atoms with E-state index in [1.54, 1.807) is 6.92 Å². The van der Waals surface area contributed by atoms with Gasteiger partial charge in [-0.05, 0) is 13.8 Å². The Labute approximate surface area is 65.4 Å². The van der Waals surface area contributed by atoms with Crippen LogP contribution in [-0.2, 0) is 4.74 Å². The summed E-state index contributed by atoms with van der Waals surface area (Å²) < 4.78 is 4.88. The van der Waals surface area contributed by atoms with Crippen LogP contribution < -0.4 is 0 Å². The summed E-state index contributed by atoms with van der Waals surface area (Å²) in [6, 6.07) is 0. The Morgan fingerprint density at radius 2 is 2.00 bits per heavy atom. The molecule has 66 valence electrons. The molecule has 3 N–H and O–H groups in total. The van der Waals surface area contributed by atoms with Gasteiger partial charge >= 0.3 is 0 Å². The molecule has 0 amide bonds. The van der Waals surface area contributed by atoms with Crippen molar-refractivity contribution in [3.05, 3.63) is 0 Å². The zero-order chi connectivity index (χ0) is 8.65. The molecule has 0 aromatic heterocycles. The Kier molecular flexibility index (Phi) is 2.20. The van der Waals surface area contributed by atoms with Gasteiger partial charge in [-0.3, -0.25) is 0 Å². The molecule has 1 fully saturated rings. The van der Waals surface area contributed by atoms with E-state index in [-0.39, 0.29) is 6.42 Å². The molecule has 0 radical (unpaired) electrons. The van der Waals surface area contributed by atoms with Crippen molar-refractivity contribution in [1.82, 2.24) is 0 Å². The minimum absolute atomic E-state index is 0.0541. The van der Waals surface area contributed by atoms with Gasteiger partial charge in [-0.1, -0.05) is 0 Å². The van der Waals surface area contributed by atoms with E-state index in [1.807, 2.05) is 0 Å². The highest BCUT2D eigenvalue weighted by Crippen LogP contribution is 2.27. The lowest BCUT2D eigenvalue weighted by atomic mass is 9.89. The minimum atomic E-state index is -1.24. The smallest absolute Gasteiger partial charge is 0.157 e. The molecule has 1 aliphatic heterocycles. The molecule has 0 spiro atoms. The van der Waals surface area contributed by atoms with Gasteiger partial charge in [0, 0.05) is 6.42 Å². The van der Waals surface area contributed by atoms with Crippen LogP contribution in [0.25, 0.3) is 0 Å². The van der Waals surface area contributed by atoms with Gasteiger partial charge in [-0.15, -0.1) is 0 Å². The number of ether oxygens (including phenoxy) is 1. The monoisotopic (exact) mass is 162 g/mol. The van der Waals surface area contributed by atoms with Crippen molar-refractivity contribution >= 4 is 0 Å². The molecular formula is C7H14O4. The molecule has 0 aliphatic carbocycles. The molecule has 4 nitrogen and oxygen atoms in total. The molecule has 1 heterocycles. The van der Waals surface area contributed by atoms with E-state index in [2.05, 4.69) is 0 Å². The lowest BCUT2D eigenvalue weighted by Crippen LogP contribution is -2.54. The molecule has 1 saturated heterocycles. The van der Waals surface area contributed by atoms with Crippen LogP contribution in [0.2, 0.25) is 0 Å². The fourth-order valence-electron chi connectivity index (χ4n) is 1.35. The first kappa shape index (κ1) is 8.93. The number of aliphatic hydroxyl groups is 3. The minimum Gasteiger partial charge on any atom is -0.387 e. The highest BCUT2D eigenvalue weighted by Gasteiger charge is 2.42. The Morgan fingerprint density at radius 3 is 2.45 bits per heavy atom. The second-order valence-corrected chi connectivity index (χ2v) is 3.30. The molecule has 0 aromatic carbocycles. The molecule has 0 unspecified atom stereocenters. The largest absolute Gasteiger partial charge is 0.387 e. The summed E-state index contributed by atoms with van der Waals surface area (Å²) in [4.78, 5) is 0. The second kappa shape index (κ2) is 2.71. The number of rotatable bonds is 0. The van der Waals surface area contributed by atoms with E-state index in [4.69, 9.17) is 9.84 Å². The molecule has 1 rings (SSSR count). The van der Waals surface area contributed by atoms with Crippen LogP contribution >= 0.6 is 0 Å². The molecule has 1 aliphatic rings. The normalized spacial score (nSPS) is 52.6. The third-order valence-electron chi connectivity index (χ3n) is 2.04. The summed E-state index contributed by atoms with van der Waals surface area (Å²) in [6.45, 7) is 3.10. The first-order valence-electron chi connectivity index (χ1n) is 3.67. The van der Waals surface area contributed by atoms with Crippen molar-refractivity contribution in [3.8, 4) is 0 Å². The molecule has 0 saturated carbocycles. The van der Waals surface area contributed by atoms with Crippen molar-refractivity contribution in [2.45, 2.75) is 44.4 Å². The van der Waals surface area contributed by atoms with Crippen molar-refractivity contribution < 1.29 is 20.1 Å². The quantitative estimate of drug-likeness (QED) is 0.437. The fourth-order valence-corrected chi connectivity index (χ4v) is 1.35. The zero-order valence-corrected chi connectivity index (χ0v) is 6.69. The standard InChI is InChI=1S/C7H14O4/c1-4-6(9)7(2,10)3-5(8)11-4/h4-6,8-10H,3H2,1-2H3/t4-,5-,6+,7+/m0/s1. The van der Waals surface area contributed by atoms with Crippen LogP contribution in [0.3, 0.4) is 0 Å². The van der Waals surface area contributed by atoms with E-state index in [1.165, 1.54) is 6.92 Å². The Hall–Kier alpha value is -0.160. The van der Waals surface area contributed by atoms with Crippen LogP contribution in [0.15, 0.2) is 0 Å². The lowest BCUT2D eigenvalue weighted by molar-refractivity contribution is -0.256. The van der Waals surface area contributed by atoms with Gasteiger partial charge in [-0.2, -0.15) is 0 Å². The molecular weight excluding hydrogens is 148 g/mol. The predicted molar refractivity (Wildman–Crippen MR) is 37.8 cm³/mol. The molecule has 0 bridgehead atoms. The van der Waals surface area contributed by atoms with Gasteiger partial charge in [0.1, 0.15) is 6.10 Å². The highest BCUT2D eigenvalue weighted by atomic mass is 16.6. The predicted octanol–water partition coefficient (Wildman–Crippen LogP) is -0.775. The van der Waals surface area contributed by atoms with Crippen LogP contribution in [0.5, 0.6) is 0 Å². The molecule has 4 atom stereocenters. The van der Waals surface area contributed by atoms with Crippen molar-refractivity contribution in [1.29, 1.82) is 0 Å². The SMILES string of the molecule is C[C@@H]1O[C@H](O)C[C@@](C)(O)[C@@H]1O. The van der Waals surface area contributed by atoms with Gasteiger partial charge in [0.15, 0.2) is 6.29 Å². The number of hydrogen-bond acceptors (Lipinski definition) is 4. The maximum absolute atomic E-state index is 9.49. The van der Waals surface area contributed by atoms with Gasteiger partial charge in [0.05, 0.1) is 11.7 Å². The third-order valence-corrected chi connectivity index (χ3v) is 2.04. The topological polar surface area (TPSA) is 69.9 Å². The van der Waals surface area contributed by atoms with E-state index in [0.29, 0.717) is 0 Å². The fraction of sp³-hybridized carbons (Fsp3) is 1.00. The zero-order valence-electron chi connectivity index (χ0n) is 6.69. The Bertz CT molecular complexity index is 145. The highest BCUT2D eigenvalue weighted by molar-refractivity contribution is 4.90. The first-order chi connectivity index (χ1) is 4.93. The number of aliphatic hydroxyl groups excluding tert-OH is 2. The van der Waals surface area contributed by atoms with Crippen molar-refractivity contribution in [3.63, 3.8) is 0 Å². The van der Waals surface area contributed by atoms with Crippen LogP contribution in [-0.4, -0.2) is 39.4 Å². The van der Waals surface area contributed by atoms with Crippen LogP contribution in [0.4, 0.5) is 0 Å². The van der Waals surface area contributed by atoms with Gasteiger partial charge in [0.2, 0.25) is 0 Å². The van der Waals surface area contributed by atoms with E-state index < -0.39 is 24.1 Å². The first-order valence-corrected chi connectivity index (χ1v) is 3.67. The van der Waals surface area contributed by atoms with Crippen molar-refractivity contribution in [2.24, 2.45) is 0 Å². The molecule has 11 heavy (non-hydrogen) atoms. The van der Waals surface area contributed by atoms with E-state index in [9.17, 15) is 10.2 Å². The summed E-state index contributed by atoms with van der Waals surface area (Å²) in [5.74, 6) is 0. The van der Waals surface area contributed by atoms with E-state index >= 15 is 0 Å². The summed E-state index contributed by atoms with van der Waals surface area (Å²) in [5.41, 5.74) is -1.24. The summed E-state index contributed by atoms with van der Waals surface area (Å²) in [7, 11) is 0. The van der Waals surface area contributed by atoms with Gasteiger partial charge in [0.25, 0.3) is 0 Å². The summed E-state index contributed by atoms with van der Waals surface area (Å²) >= 11 is 0. The summed E-state index contributed by atoms with van der Waals surface area (Å²) in [6.07, 6.45) is -2.36. The molecule has 4 heteroatoms. The maximum atomic E-state index is 9.49. The van der Waals surface area contributed by atoms with Gasteiger partial charge in [-0.25, -0.2) is 0 Å². The summed E-state index contributed by atoms with van der Waals surface area (Å²) in [5, 5.41) is 27.9. The maximum Gasteiger partial charge on any atom is 0.157 e. The average molecular weight is 162 g/mol. The van der Waals surface area contributed by atoms with Crippen LogP contribution in [0.1, 0.15) is 20.3 Å². The molecule has 0 aromatic rings. The second-order valence-electron chi connectivity index (χ2n) is 3.30.